The largest absolute Gasteiger partial charge is 0.497 e. The molecule has 1 aromatic heterocycles. The third-order valence-electron chi connectivity index (χ3n) is 5.83. The zero-order valence-corrected chi connectivity index (χ0v) is 17.6. The van der Waals surface area contributed by atoms with Gasteiger partial charge in [0, 0.05) is 36.6 Å². The number of methoxy groups -OCH3 is 2. The van der Waals surface area contributed by atoms with Crippen LogP contribution in [0.4, 0.5) is 0 Å². The number of nitrogens with one attached hydrogen (secondary N) is 1. The number of aromatic amines is 1. The van der Waals surface area contributed by atoms with Crippen LogP contribution in [0, 0.1) is 0 Å². The first-order valence-corrected chi connectivity index (χ1v) is 11.2. The molecule has 8 nitrogen and oxygen atoms in total. The van der Waals surface area contributed by atoms with Crippen LogP contribution in [0.1, 0.15) is 36.8 Å². The number of ether oxygens (including phenoxy) is 2. The van der Waals surface area contributed by atoms with Gasteiger partial charge in [0.1, 0.15) is 22.2 Å². The molecule has 29 heavy (non-hydrogen) atoms. The normalized spacial score (nSPS) is 21.5. The summed E-state index contributed by atoms with van der Waals surface area (Å²) in [5.74, 6) is 1.35. The summed E-state index contributed by atoms with van der Waals surface area (Å²) in [6, 6.07) is 4.24. The molecule has 0 radical (unpaired) electrons. The SMILES string of the molecule is CCc1nc2c(c(=O)[nH]1)CC1CCC(C2)N1S(=O)(=O)c1cc(OC)ccc1OC. The number of rotatable bonds is 5. The van der Waals surface area contributed by atoms with Crippen molar-refractivity contribution in [1.29, 1.82) is 0 Å². The fourth-order valence-electron chi connectivity index (χ4n) is 4.41. The van der Waals surface area contributed by atoms with Crippen molar-refractivity contribution in [3.63, 3.8) is 0 Å². The van der Waals surface area contributed by atoms with Gasteiger partial charge in [-0.1, -0.05) is 6.92 Å². The molecule has 2 aromatic rings. The Morgan fingerprint density at radius 1 is 1.17 bits per heavy atom. The van der Waals surface area contributed by atoms with Crippen LogP contribution in [0.2, 0.25) is 0 Å². The first kappa shape index (κ1) is 19.9. The molecule has 3 heterocycles. The smallest absolute Gasteiger partial charge is 0.254 e. The highest BCUT2D eigenvalue weighted by Gasteiger charge is 2.46. The van der Waals surface area contributed by atoms with Crippen LogP contribution >= 0.6 is 0 Å². The van der Waals surface area contributed by atoms with E-state index < -0.39 is 10.0 Å². The Morgan fingerprint density at radius 3 is 2.55 bits per heavy atom. The second kappa shape index (κ2) is 7.46. The molecule has 1 fully saturated rings. The molecule has 1 N–H and O–H groups in total. The molecule has 2 atom stereocenters. The van der Waals surface area contributed by atoms with Crippen LogP contribution in [0.3, 0.4) is 0 Å². The van der Waals surface area contributed by atoms with Gasteiger partial charge in [-0.2, -0.15) is 4.31 Å². The molecular weight excluding hydrogens is 394 g/mol. The van der Waals surface area contributed by atoms with E-state index in [0.29, 0.717) is 42.8 Å². The van der Waals surface area contributed by atoms with Crippen molar-refractivity contribution in [3.8, 4) is 11.5 Å². The highest BCUT2D eigenvalue weighted by Crippen LogP contribution is 2.40. The third kappa shape index (κ3) is 3.32. The van der Waals surface area contributed by atoms with E-state index in [-0.39, 0.29) is 28.3 Å². The Hall–Kier alpha value is -2.39. The summed E-state index contributed by atoms with van der Waals surface area (Å²) >= 11 is 0. The third-order valence-corrected chi connectivity index (χ3v) is 7.86. The minimum absolute atomic E-state index is 0.0818. The van der Waals surface area contributed by atoms with E-state index in [0.717, 1.165) is 12.1 Å². The van der Waals surface area contributed by atoms with Crippen LogP contribution in [-0.2, 0) is 29.3 Å². The van der Waals surface area contributed by atoms with Gasteiger partial charge >= 0.3 is 0 Å². The molecule has 0 amide bonds. The van der Waals surface area contributed by atoms with E-state index in [1.54, 1.807) is 16.4 Å². The summed E-state index contributed by atoms with van der Waals surface area (Å²) in [5.41, 5.74) is 1.17. The van der Waals surface area contributed by atoms with E-state index in [2.05, 4.69) is 9.97 Å². The number of aryl methyl sites for hydroxylation is 1. The molecule has 0 saturated carbocycles. The van der Waals surface area contributed by atoms with Crippen molar-refractivity contribution < 1.29 is 17.9 Å². The van der Waals surface area contributed by atoms with E-state index in [1.807, 2.05) is 6.92 Å². The first-order chi connectivity index (χ1) is 13.9. The second-order valence-corrected chi connectivity index (χ2v) is 9.25. The molecule has 2 bridgehead atoms. The summed E-state index contributed by atoms with van der Waals surface area (Å²) < 4.78 is 39.5. The summed E-state index contributed by atoms with van der Waals surface area (Å²) in [4.78, 5) is 20.1. The van der Waals surface area contributed by atoms with Gasteiger partial charge in [-0.15, -0.1) is 0 Å². The summed E-state index contributed by atoms with van der Waals surface area (Å²) in [6.45, 7) is 1.93. The lowest BCUT2D eigenvalue weighted by Gasteiger charge is -2.28. The van der Waals surface area contributed by atoms with Gasteiger partial charge < -0.3 is 14.5 Å². The predicted molar refractivity (Wildman–Crippen MR) is 107 cm³/mol. The summed E-state index contributed by atoms with van der Waals surface area (Å²) in [5, 5.41) is 0. The van der Waals surface area contributed by atoms with Crippen molar-refractivity contribution in [1.82, 2.24) is 14.3 Å². The van der Waals surface area contributed by atoms with Crippen LogP contribution in [0.5, 0.6) is 11.5 Å². The van der Waals surface area contributed by atoms with Gasteiger partial charge in [0.25, 0.3) is 5.56 Å². The van der Waals surface area contributed by atoms with Crippen LogP contribution in [0.15, 0.2) is 27.9 Å². The Kier molecular flexibility index (Phi) is 5.12. The number of benzene rings is 1. The van der Waals surface area contributed by atoms with Crippen molar-refractivity contribution in [2.24, 2.45) is 0 Å². The topological polar surface area (TPSA) is 102 Å². The van der Waals surface area contributed by atoms with Crippen molar-refractivity contribution in [3.05, 3.63) is 45.6 Å². The zero-order chi connectivity index (χ0) is 20.8. The lowest BCUT2D eigenvalue weighted by Crippen LogP contribution is -2.41. The Morgan fingerprint density at radius 2 is 1.90 bits per heavy atom. The molecule has 2 aliphatic rings. The van der Waals surface area contributed by atoms with E-state index in [1.165, 1.54) is 20.3 Å². The maximum atomic E-state index is 13.7. The lowest BCUT2D eigenvalue weighted by atomic mass is 9.98. The summed E-state index contributed by atoms with van der Waals surface area (Å²) in [6.07, 6.45) is 2.88. The van der Waals surface area contributed by atoms with Gasteiger partial charge in [0.05, 0.1) is 19.9 Å². The predicted octanol–water partition coefficient (Wildman–Crippen LogP) is 1.67. The van der Waals surface area contributed by atoms with Gasteiger partial charge in [-0.3, -0.25) is 4.79 Å². The minimum atomic E-state index is -3.85. The highest BCUT2D eigenvalue weighted by molar-refractivity contribution is 7.89. The molecule has 0 aliphatic carbocycles. The first-order valence-electron chi connectivity index (χ1n) is 9.75. The Balaban J connectivity index is 1.79. The lowest BCUT2D eigenvalue weighted by molar-refractivity contribution is 0.323. The number of fused-ring (bicyclic) bond motifs is 3. The van der Waals surface area contributed by atoms with E-state index in [9.17, 15) is 13.2 Å². The molecule has 4 rings (SSSR count). The van der Waals surface area contributed by atoms with E-state index >= 15 is 0 Å². The molecule has 1 saturated heterocycles. The molecule has 1 aromatic carbocycles. The number of sulfonamides is 1. The van der Waals surface area contributed by atoms with Gasteiger partial charge in [0.2, 0.25) is 10.0 Å². The van der Waals surface area contributed by atoms with Crippen LogP contribution in [-0.4, -0.2) is 49.0 Å². The minimum Gasteiger partial charge on any atom is -0.497 e. The Labute approximate surface area is 169 Å². The fourth-order valence-corrected chi connectivity index (χ4v) is 6.46. The van der Waals surface area contributed by atoms with Crippen molar-refractivity contribution >= 4 is 10.0 Å². The van der Waals surface area contributed by atoms with Crippen LogP contribution < -0.4 is 15.0 Å². The molecular formula is C20H25N3O5S. The average molecular weight is 420 g/mol. The van der Waals surface area contributed by atoms with Crippen molar-refractivity contribution in [2.75, 3.05) is 14.2 Å². The molecule has 0 spiro atoms. The summed E-state index contributed by atoms with van der Waals surface area (Å²) in [7, 11) is -0.913. The van der Waals surface area contributed by atoms with Gasteiger partial charge in [0.15, 0.2) is 0 Å². The molecule has 2 aliphatic heterocycles. The quantitative estimate of drug-likeness (QED) is 0.791. The monoisotopic (exact) mass is 419 g/mol. The number of aromatic nitrogens is 2. The molecule has 9 heteroatoms. The number of hydrogen-bond acceptors (Lipinski definition) is 6. The van der Waals surface area contributed by atoms with E-state index in [4.69, 9.17) is 9.47 Å². The number of hydrogen-bond donors (Lipinski definition) is 1. The highest BCUT2D eigenvalue weighted by atomic mass is 32.2. The van der Waals surface area contributed by atoms with Crippen molar-refractivity contribution in [2.45, 2.75) is 56.0 Å². The molecule has 156 valence electrons. The Bertz CT molecular complexity index is 1100. The van der Waals surface area contributed by atoms with Gasteiger partial charge in [-0.05, 0) is 31.4 Å². The van der Waals surface area contributed by atoms with Crippen LogP contribution in [0.25, 0.3) is 0 Å². The fraction of sp³-hybridized carbons (Fsp3) is 0.500. The second-order valence-electron chi connectivity index (χ2n) is 7.44. The van der Waals surface area contributed by atoms with Gasteiger partial charge in [-0.25, -0.2) is 13.4 Å². The number of nitrogens with zero attached hydrogens (tertiary/aromatic N) is 2. The number of H-pyrrole nitrogens is 1. The maximum absolute atomic E-state index is 13.7. The zero-order valence-electron chi connectivity index (χ0n) is 16.8. The average Bonchev–Trinajstić information content (AvgIpc) is 3.03. The standard InChI is InChI=1S/C20H25N3O5S/c1-4-19-21-16-10-13-6-5-12(9-15(16)20(24)22-19)23(13)29(25,26)18-11-14(27-2)7-8-17(18)28-3/h7-8,11-13H,4-6,9-10H2,1-3H3,(H,21,22,24). The molecule has 2 unspecified atom stereocenters. The maximum Gasteiger partial charge on any atom is 0.254 e.